The first kappa shape index (κ1) is 12.9. The second-order valence-corrected chi connectivity index (χ2v) is 7.23. The standard InChI is InChI=1S/C18H25N/c1-14-13-19(17(2,3)4)12-11-18(14)10-9-15-7-5-6-8-16(15)18/h5-10,14H,11-13H2,1-4H3. The molecule has 0 N–H and O–H groups in total. The van der Waals surface area contributed by atoms with Gasteiger partial charge in [0.2, 0.25) is 0 Å². The molecule has 1 heterocycles. The SMILES string of the molecule is CC1CN(C(C)(C)C)CCC12C=Cc1ccccc12. The van der Waals surface area contributed by atoms with Crippen LogP contribution in [0.25, 0.3) is 6.08 Å². The topological polar surface area (TPSA) is 3.24 Å². The van der Waals surface area contributed by atoms with Crippen molar-refractivity contribution < 1.29 is 0 Å². The van der Waals surface area contributed by atoms with Crippen LogP contribution in [-0.2, 0) is 5.41 Å². The molecule has 1 aliphatic heterocycles. The number of likely N-dealkylation sites (tertiary alicyclic amines) is 1. The first-order chi connectivity index (χ1) is 8.93. The Hall–Kier alpha value is -1.08. The van der Waals surface area contributed by atoms with Gasteiger partial charge in [0, 0.05) is 17.5 Å². The fraction of sp³-hybridized carbons (Fsp3) is 0.556. The molecular weight excluding hydrogens is 230 g/mol. The van der Waals surface area contributed by atoms with Crippen LogP contribution in [0.15, 0.2) is 30.3 Å². The van der Waals surface area contributed by atoms with Crippen LogP contribution in [0.5, 0.6) is 0 Å². The molecule has 0 bridgehead atoms. The molecule has 0 radical (unpaired) electrons. The van der Waals surface area contributed by atoms with E-state index in [1.165, 1.54) is 25.1 Å². The highest BCUT2D eigenvalue weighted by Gasteiger charge is 2.44. The summed E-state index contributed by atoms with van der Waals surface area (Å²) < 4.78 is 0. The smallest absolute Gasteiger partial charge is 0.0191 e. The summed E-state index contributed by atoms with van der Waals surface area (Å²) in [6.07, 6.45) is 6.06. The van der Waals surface area contributed by atoms with Crippen LogP contribution in [0.1, 0.15) is 45.2 Å². The third kappa shape index (κ3) is 1.95. The van der Waals surface area contributed by atoms with E-state index >= 15 is 0 Å². The van der Waals surface area contributed by atoms with E-state index in [2.05, 4.69) is 69.0 Å². The van der Waals surface area contributed by atoms with E-state index in [-0.39, 0.29) is 5.54 Å². The first-order valence-corrected chi connectivity index (χ1v) is 7.47. The van der Waals surface area contributed by atoms with Crippen molar-refractivity contribution in [2.45, 2.75) is 45.1 Å². The molecule has 1 fully saturated rings. The fourth-order valence-corrected chi connectivity index (χ4v) is 3.80. The summed E-state index contributed by atoms with van der Waals surface area (Å²) in [6, 6.07) is 8.93. The minimum absolute atomic E-state index is 0.289. The average Bonchev–Trinajstić information content (AvgIpc) is 2.72. The highest BCUT2D eigenvalue weighted by Crippen LogP contribution is 2.47. The Kier molecular flexibility index (Phi) is 2.86. The molecule has 0 aromatic heterocycles. The highest BCUT2D eigenvalue weighted by molar-refractivity contribution is 5.65. The number of fused-ring (bicyclic) bond motifs is 2. The predicted molar refractivity (Wildman–Crippen MR) is 82.3 cm³/mol. The molecule has 2 aliphatic rings. The van der Waals surface area contributed by atoms with Crippen molar-refractivity contribution in [3.05, 3.63) is 41.5 Å². The number of allylic oxidation sites excluding steroid dienone is 1. The Morgan fingerprint density at radius 1 is 1.21 bits per heavy atom. The zero-order valence-corrected chi connectivity index (χ0v) is 12.6. The predicted octanol–water partition coefficient (Wildman–Crippen LogP) is 4.09. The van der Waals surface area contributed by atoms with E-state index in [1.807, 2.05) is 0 Å². The Balaban J connectivity index is 1.92. The number of hydrogen-bond donors (Lipinski definition) is 0. The van der Waals surface area contributed by atoms with Crippen LogP contribution < -0.4 is 0 Å². The van der Waals surface area contributed by atoms with Crippen molar-refractivity contribution in [1.82, 2.24) is 4.90 Å². The largest absolute Gasteiger partial charge is 0.298 e. The van der Waals surface area contributed by atoms with Gasteiger partial charge in [0.1, 0.15) is 0 Å². The summed E-state index contributed by atoms with van der Waals surface area (Å²) >= 11 is 0. The van der Waals surface area contributed by atoms with E-state index in [0.29, 0.717) is 11.3 Å². The van der Waals surface area contributed by atoms with Gasteiger partial charge in [-0.05, 0) is 50.8 Å². The van der Waals surface area contributed by atoms with Crippen molar-refractivity contribution in [2.24, 2.45) is 5.92 Å². The van der Waals surface area contributed by atoms with Gasteiger partial charge in [-0.15, -0.1) is 0 Å². The number of rotatable bonds is 0. The van der Waals surface area contributed by atoms with Crippen LogP contribution in [0.4, 0.5) is 0 Å². The summed E-state index contributed by atoms with van der Waals surface area (Å²) in [6.45, 7) is 11.8. The van der Waals surface area contributed by atoms with Crippen molar-refractivity contribution in [3.63, 3.8) is 0 Å². The molecule has 2 unspecified atom stereocenters. The summed E-state index contributed by atoms with van der Waals surface area (Å²) in [7, 11) is 0. The van der Waals surface area contributed by atoms with E-state index in [9.17, 15) is 0 Å². The lowest BCUT2D eigenvalue weighted by Crippen LogP contribution is -2.53. The number of nitrogens with zero attached hydrogens (tertiary/aromatic N) is 1. The van der Waals surface area contributed by atoms with Crippen molar-refractivity contribution in [2.75, 3.05) is 13.1 Å². The maximum Gasteiger partial charge on any atom is 0.0191 e. The lowest BCUT2D eigenvalue weighted by atomic mass is 9.67. The summed E-state index contributed by atoms with van der Waals surface area (Å²) in [5, 5.41) is 0. The quantitative estimate of drug-likeness (QED) is 0.675. The molecule has 1 aliphatic carbocycles. The monoisotopic (exact) mass is 255 g/mol. The van der Waals surface area contributed by atoms with Crippen molar-refractivity contribution >= 4 is 6.08 Å². The summed E-state index contributed by atoms with van der Waals surface area (Å²) in [4.78, 5) is 2.64. The Labute approximate surface area is 117 Å². The lowest BCUT2D eigenvalue weighted by molar-refractivity contribution is 0.0528. The zero-order valence-electron chi connectivity index (χ0n) is 12.6. The van der Waals surface area contributed by atoms with E-state index in [0.717, 1.165) is 0 Å². The minimum Gasteiger partial charge on any atom is -0.298 e. The van der Waals surface area contributed by atoms with Crippen LogP contribution in [-0.4, -0.2) is 23.5 Å². The molecule has 1 spiro atoms. The molecule has 0 saturated carbocycles. The van der Waals surface area contributed by atoms with Crippen LogP contribution in [0.3, 0.4) is 0 Å². The Morgan fingerprint density at radius 2 is 1.95 bits per heavy atom. The molecule has 19 heavy (non-hydrogen) atoms. The van der Waals surface area contributed by atoms with Gasteiger partial charge < -0.3 is 0 Å². The van der Waals surface area contributed by atoms with E-state index in [1.54, 1.807) is 5.56 Å². The second-order valence-electron chi connectivity index (χ2n) is 7.23. The van der Waals surface area contributed by atoms with Gasteiger partial charge in [-0.1, -0.05) is 43.3 Å². The molecule has 3 rings (SSSR count). The van der Waals surface area contributed by atoms with Crippen LogP contribution in [0.2, 0.25) is 0 Å². The first-order valence-electron chi connectivity index (χ1n) is 7.47. The molecular formula is C18H25N. The molecule has 1 nitrogen and oxygen atoms in total. The Morgan fingerprint density at radius 3 is 2.63 bits per heavy atom. The number of piperidine rings is 1. The maximum absolute atomic E-state index is 2.64. The van der Waals surface area contributed by atoms with Crippen LogP contribution >= 0.6 is 0 Å². The van der Waals surface area contributed by atoms with Gasteiger partial charge >= 0.3 is 0 Å². The molecule has 1 aromatic carbocycles. The molecule has 1 heteroatoms. The number of hydrogen-bond acceptors (Lipinski definition) is 1. The third-order valence-electron chi connectivity index (χ3n) is 5.14. The average molecular weight is 255 g/mol. The number of benzene rings is 1. The van der Waals surface area contributed by atoms with E-state index in [4.69, 9.17) is 0 Å². The zero-order chi connectivity index (χ0) is 13.7. The fourth-order valence-electron chi connectivity index (χ4n) is 3.80. The molecule has 0 amide bonds. The summed E-state index contributed by atoms with van der Waals surface area (Å²) in [5.41, 5.74) is 3.56. The molecule has 1 aromatic rings. The van der Waals surface area contributed by atoms with Crippen molar-refractivity contribution in [1.29, 1.82) is 0 Å². The summed E-state index contributed by atoms with van der Waals surface area (Å²) in [5.74, 6) is 0.681. The minimum atomic E-state index is 0.289. The van der Waals surface area contributed by atoms with Gasteiger partial charge in [-0.3, -0.25) is 4.90 Å². The molecule has 1 saturated heterocycles. The lowest BCUT2D eigenvalue weighted by Gasteiger charge is -2.49. The van der Waals surface area contributed by atoms with Gasteiger partial charge in [0.05, 0.1) is 0 Å². The van der Waals surface area contributed by atoms with Crippen molar-refractivity contribution in [3.8, 4) is 0 Å². The van der Waals surface area contributed by atoms with Crippen LogP contribution in [0, 0.1) is 5.92 Å². The maximum atomic E-state index is 2.64. The molecule has 102 valence electrons. The van der Waals surface area contributed by atoms with E-state index < -0.39 is 0 Å². The van der Waals surface area contributed by atoms with Gasteiger partial charge in [0.25, 0.3) is 0 Å². The van der Waals surface area contributed by atoms with Gasteiger partial charge in [0.15, 0.2) is 0 Å². The Bertz CT molecular complexity index is 509. The molecule has 2 atom stereocenters. The van der Waals surface area contributed by atoms with Gasteiger partial charge in [-0.2, -0.15) is 0 Å². The highest BCUT2D eigenvalue weighted by atomic mass is 15.2. The normalized spacial score (nSPS) is 30.8. The third-order valence-corrected chi connectivity index (χ3v) is 5.14. The second kappa shape index (κ2) is 4.21. The van der Waals surface area contributed by atoms with Gasteiger partial charge in [-0.25, -0.2) is 0 Å².